The number of hydrogen-bond donors (Lipinski definition) is 0. The summed E-state index contributed by atoms with van der Waals surface area (Å²) in [5.41, 5.74) is 2.81. The van der Waals surface area contributed by atoms with E-state index >= 15 is 0 Å². The molecule has 0 saturated heterocycles. The summed E-state index contributed by atoms with van der Waals surface area (Å²) in [7, 11) is 0. The van der Waals surface area contributed by atoms with E-state index in [0.29, 0.717) is 5.92 Å². The molecule has 5 heteroatoms. The monoisotopic (exact) mass is 417 g/mol. The van der Waals surface area contributed by atoms with Gasteiger partial charge in [-0.25, -0.2) is 4.39 Å². The van der Waals surface area contributed by atoms with Crippen LogP contribution in [-0.2, 0) is 18.0 Å². The molecule has 0 bridgehead atoms. The van der Waals surface area contributed by atoms with Crippen LogP contribution in [0.3, 0.4) is 0 Å². The third kappa shape index (κ3) is 3.97. The van der Waals surface area contributed by atoms with Crippen molar-refractivity contribution in [3.05, 3.63) is 58.9 Å². The highest BCUT2D eigenvalue weighted by atomic mass is 19.4. The van der Waals surface area contributed by atoms with E-state index in [0.717, 1.165) is 72.9 Å². The molecular weight excluding hydrogens is 390 g/mol. The standard InChI is InChI=1S/C23H24F4.C2H3N/c1-2-22-14-4-3-5-16(22)10-11-19-20(24)13-12-18(21(19)22)15-6-8-17(9-7-15)23(25,26)27;1-2-3/h6-9,12-13,16H,2-5,10-11,14H2,1H3;1H3. The Morgan fingerprint density at radius 1 is 1.07 bits per heavy atom. The second-order valence-electron chi connectivity index (χ2n) is 8.24. The van der Waals surface area contributed by atoms with E-state index < -0.39 is 11.7 Å². The third-order valence-corrected chi connectivity index (χ3v) is 6.86. The molecule has 1 fully saturated rings. The minimum atomic E-state index is -4.35. The molecule has 2 aliphatic carbocycles. The fourth-order valence-corrected chi connectivity index (χ4v) is 5.54. The molecule has 2 aromatic rings. The van der Waals surface area contributed by atoms with Crippen LogP contribution in [0.1, 0.15) is 69.1 Å². The van der Waals surface area contributed by atoms with Crippen molar-refractivity contribution in [1.29, 1.82) is 5.26 Å². The molecule has 0 N–H and O–H groups in total. The van der Waals surface area contributed by atoms with Crippen molar-refractivity contribution >= 4 is 0 Å². The smallest absolute Gasteiger partial charge is 0.207 e. The van der Waals surface area contributed by atoms with Crippen LogP contribution >= 0.6 is 0 Å². The van der Waals surface area contributed by atoms with Gasteiger partial charge >= 0.3 is 6.18 Å². The zero-order valence-electron chi connectivity index (χ0n) is 17.5. The molecule has 0 heterocycles. The SMILES string of the molecule is CC#N.CCC12CCCCC1CCc1c(F)ccc(-c3ccc(C(F)(F)F)cc3)c12. The van der Waals surface area contributed by atoms with E-state index in [1.54, 1.807) is 12.1 Å². The fourth-order valence-electron chi connectivity index (χ4n) is 5.54. The van der Waals surface area contributed by atoms with Crippen LogP contribution in [0.2, 0.25) is 0 Å². The van der Waals surface area contributed by atoms with Gasteiger partial charge in [-0.1, -0.05) is 38.0 Å². The summed E-state index contributed by atoms with van der Waals surface area (Å²) in [5.74, 6) is 0.372. The average molecular weight is 417 g/mol. The molecule has 0 aromatic heterocycles. The van der Waals surface area contributed by atoms with Gasteiger partial charge in [0.1, 0.15) is 5.82 Å². The molecule has 30 heavy (non-hydrogen) atoms. The lowest BCUT2D eigenvalue weighted by atomic mass is 9.55. The van der Waals surface area contributed by atoms with Crippen LogP contribution in [0, 0.1) is 23.1 Å². The summed E-state index contributed by atoms with van der Waals surface area (Å²) in [5, 5.41) is 7.32. The highest BCUT2D eigenvalue weighted by Crippen LogP contribution is 2.55. The van der Waals surface area contributed by atoms with Gasteiger partial charge in [-0.3, -0.25) is 0 Å². The van der Waals surface area contributed by atoms with Crippen LogP contribution in [-0.4, -0.2) is 0 Å². The van der Waals surface area contributed by atoms with E-state index in [9.17, 15) is 17.6 Å². The molecule has 2 atom stereocenters. The van der Waals surface area contributed by atoms with Crippen molar-refractivity contribution in [2.75, 3.05) is 0 Å². The molecule has 2 aromatic carbocycles. The van der Waals surface area contributed by atoms with Crippen molar-refractivity contribution in [3.63, 3.8) is 0 Å². The minimum absolute atomic E-state index is 0.0496. The van der Waals surface area contributed by atoms with E-state index in [-0.39, 0.29) is 11.2 Å². The zero-order valence-corrected chi connectivity index (χ0v) is 17.5. The van der Waals surface area contributed by atoms with Gasteiger partial charge in [0.15, 0.2) is 0 Å². The van der Waals surface area contributed by atoms with Gasteiger partial charge in [-0.2, -0.15) is 18.4 Å². The fraction of sp³-hybridized carbons (Fsp3) is 0.480. The van der Waals surface area contributed by atoms with E-state index in [2.05, 4.69) is 6.92 Å². The second-order valence-corrected chi connectivity index (χ2v) is 8.24. The van der Waals surface area contributed by atoms with Crippen molar-refractivity contribution in [2.24, 2.45) is 5.92 Å². The predicted octanol–water partition coefficient (Wildman–Crippen LogP) is 7.83. The Balaban J connectivity index is 0.000000806. The van der Waals surface area contributed by atoms with Crippen LogP contribution in [0.25, 0.3) is 11.1 Å². The number of nitriles is 1. The molecule has 4 rings (SSSR count). The zero-order chi connectivity index (χ0) is 21.9. The number of hydrogen-bond acceptors (Lipinski definition) is 1. The lowest BCUT2D eigenvalue weighted by Crippen LogP contribution is -2.42. The summed E-state index contributed by atoms with van der Waals surface area (Å²) < 4.78 is 53.5. The summed E-state index contributed by atoms with van der Waals surface area (Å²) in [6, 6.07) is 10.3. The van der Waals surface area contributed by atoms with Gasteiger partial charge < -0.3 is 0 Å². The van der Waals surface area contributed by atoms with Gasteiger partial charge in [-0.15, -0.1) is 0 Å². The molecule has 2 aliphatic rings. The molecule has 0 radical (unpaired) electrons. The van der Waals surface area contributed by atoms with E-state index in [1.165, 1.54) is 31.5 Å². The first-order chi connectivity index (χ1) is 14.3. The molecule has 2 unspecified atom stereocenters. The Kier molecular flexibility index (Phi) is 6.55. The Morgan fingerprint density at radius 3 is 2.33 bits per heavy atom. The van der Waals surface area contributed by atoms with Gasteiger partial charge in [0.05, 0.1) is 11.6 Å². The van der Waals surface area contributed by atoms with Crippen LogP contribution in [0.4, 0.5) is 17.6 Å². The maximum Gasteiger partial charge on any atom is 0.416 e. The van der Waals surface area contributed by atoms with Gasteiger partial charge in [0.2, 0.25) is 0 Å². The van der Waals surface area contributed by atoms with Crippen molar-refractivity contribution in [2.45, 2.75) is 70.4 Å². The summed E-state index contributed by atoms with van der Waals surface area (Å²) in [6.07, 6.45) is 2.88. The number of alkyl halides is 3. The Bertz CT molecular complexity index is 924. The molecule has 1 saturated carbocycles. The molecule has 0 spiro atoms. The lowest BCUT2D eigenvalue weighted by Gasteiger charge is -2.49. The third-order valence-electron chi connectivity index (χ3n) is 6.86. The summed E-state index contributed by atoms with van der Waals surface area (Å²) >= 11 is 0. The van der Waals surface area contributed by atoms with Gasteiger partial charge in [-0.05, 0) is 83.9 Å². The maximum atomic E-state index is 14.7. The Labute approximate surface area is 175 Å². The summed E-state index contributed by atoms with van der Waals surface area (Å²) in [4.78, 5) is 0. The van der Waals surface area contributed by atoms with Crippen molar-refractivity contribution in [3.8, 4) is 17.2 Å². The van der Waals surface area contributed by atoms with Gasteiger partial charge in [0, 0.05) is 6.92 Å². The van der Waals surface area contributed by atoms with E-state index in [1.807, 2.05) is 0 Å². The topological polar surface area (TPSA) is 23.8 Å². The van der Waals surface area contributed by atoms with Crippen LogP contribution < -0.4 is 0 Å². The average Bonchev–Trinajstić information content (AvgIpc) is 2.74. The first kappa shape index (κ1) is 22.3. The second kappa shape index (κ2) is 8.79. The molecule has 1 nitrogen and oxygen atoms in total. The van der Waals surface area contributed by atoms with Crippen LogP contribution in [0.5, 0.6) is 0 Å². The Morgan fingerprint density at radius 2 is 1.73 bits per heavy atom. The number of halogens is 4. The Hall–Kier alpha value is -2.35. The maximum absolute atomic E-state index is 14.7. The number of rotatable bonds is 2. The van der Waals surface area contributed by atoms with E-state index in [4.69, 9.17) is 5.26 Å². The van der Waals surface area contributed by atoms with Crippen molar-refractivity contribution in [1.82, 2.24) is 0 Å². The highest BCUT2D eigenvalue weighted by Gasteiger charge is 2.46. The van der Waals surface area contributed by atoms with Crippen molar-refractivity contribution < 1.29 is 17.6 Å². The highest BCUT2D eigenvalue weighted by molar-refractivity contribution is 5.72. The number of nitrogens with zero attached hydrogens (tertiary/aromatic N) is 1. The first-order valence-electron chi connectivity index (χ1n) is 10.6. The molecule has 0 aliphatic heterocycles. The quantitative estimate of drug-likeness (QED) is 0.457. The normalized spacial score (nSPS) is 22.8. The largest absolute Gasteiger partial charge is 0.416 e. The lowest BCUT2D eigenvalue weighted by molar-refractivity contribution is -0.137. The first-order valence-corrected chi connectivity index (χ1v) is 10.6. The summed E-state index contributed by atoms with van der Waals surface area (Å²) in [6.45, 7) is 3.61. The molecular formula is C25H27F4N. The number of fused-ring (bicyclic) bond motifs is 3. The number of benzene rings is 2. The minimum Gasteiger partial charge on any atom is -0.207 e. The molecule has 160 valence electrons. The molecule has 0 amide bonds. The predicted molar refractivity (Wildman–Crippen MR) is 110 cm³/mol. The van der Waals surface area contributed by atoms with Gasteiger partial charge in [0.25, 0.3) is 0 Å². The van der Waals surface area contributed by atoms with Crippen LogP contribution in [0.15, 0.2) is 36.4 Å².